The molecule has 8 heteroatoms. The summed E-state index contributed by atoms with van der Waals surface area (Å²) in [7, 11) is -3.56. The van der Waals surface area contributed by atoms with E-state index in [1.807, 2.05) is 30.3 Å². The maximum atomic E-state index is 12.7. The van der Waals surface area contributed by atoms with Crippen LogP contribution >= 0.6 is 11.6 Å². The number of amides is 1. The molecule has 6 nitrogen and oxygen atoms in total. The number of benzene rings is 2. The van der Waals surface area contributed by atoms with Crippen molar-refractivity contribution in [3.8, 4) is 5.75 Å². The Hall–Kier alpha value is -2.09. The summed E-state index contributed by atoms with van der Waals surface area (Å²) in [6.07, 6.45) is 3.52. The van der Waals surface area contributed by atoms with Crippen molar-refractivity contribution >= 4 is 27.5 Å². The molecule has 1 aliphatic rings. The van der Waals surface area contributed by atoms with Gasteiger partial charge in [0.05, 0.1) is 9.92 Å². The van der Waals surface area contributed by atoms with E-state index in [1.165, 1.54) is 22.5 Å². The molecule has 0 radical (unpaired) electrons. The van der Waals surface area contributed by atoms with Crippen molar-refractivity contribution < 1.29 is 17.9 Å². The van der Waals surface area contributed by atoms with Crippen molar-refractivity contribution in [1.82, 2.24) is 9.62 Å². The van der Waals surface area contributed by atoms with Crippen LogP contribution in [0, 0.1) is 0 Å². The average molecular weight is 437 g/mol. The second-order valence-electron chi connectivity index (χ2n) is 6.93. The fourth-order valence-electron chi connectivity index (χ4n) is 3.20. The monoisotopic (exact) mass is 436 g/mol. The third-order valence-corrected chi connectivity index (χ3v) is 6.98. The largest absolute Gasteiger partial charge is 0.482 e. The molecule has 0 aromatic heterocycles. The van der Waals surface area contributed by atoms with Gasteiger partial charge in [-0.25, -0.2) is 8.42 Å². The predicted octanol–water partition coefficient (Wildman–Crippen LogP) is 3.25. The molecule has 1 fully saturated rings. The molecule has 1 heterocycles. The molecule has 0 unspecified atom stereocenters. The van der Waals surface area contributed by atoms with Crippen LogP contribution in [0.5, 0.6) is 5.75 Å². The Bertz CT molecular complexity index is 929. The molecule has 3 rings (SSSR count). The number of carbonyl (C=O) groups is 1. The minimum Gasteiger partial charge on any atom is -0.482 e. The van der Waals surface area contributed by atoms with Gasteiger partial charge in [-0.2, -0.15) is 4.31 Å². The number of sulfonamides is 1. The van der Waals surface area contributed by atoms with Crippen molar-refractivity contribution in [2.24, 2.45) is 0 Å². The number of piperidine rings is 1. The molecule has 1 N–H and O–H groups in total. The van der Waals surface area contributed by atoms with Gasteiger partial charge in [0, 0.05) is 19.6 Å². The van der Waals surface area contributed by atoms with Crippen molar-refractivity contribution in [3.05, 3.63) is 59.1 Å². The fraction of sp³-hybridized carbons (Fsp3) is 0.381. The molecule has 0 aliphatic carbocycles. The number of nitrogens with one attached hydrogen (secondary N) is 1. The minimum absolute atomic E-state index is 0.143. The number of hydrogen-bond acceptors (Lipinski definition) is 4. The summed E-state index contributed by atoms with van der Waals surface area (Å²) in [6, 6.07) is 14.2. The summed E-state index contributed by atoms with van der Waals surface area (Å²) in [5.41, 5.74) is 1.14. The van der Waals surface area contributed by atoms with Crippen LogP contribution in [0.25, 0.3) is 0 Å². The van der Waals surface area contributed by atoms with Gasteiger partial charge >= 0.3 is 0 Å². The van der Waals surface area contributed by atoms with Crippen LogP contribution in [0.15, 0.2) is 53.4 Å². The van der Waals surface area contributed by atoms with Gasteiger partial charge in [-0.1, -0.05) is 48.4 Å². The maximum Gasteiger partial charge on any atom is 0.257 e. The lowest BCUT2D eigenvalue weighted by Crippen LogP contribution is -2.35. The Morgan fingerprint density at radius 1 is 1.07 bits per heavy atom. The summed E-state index contributed by atoms with van der Waals surface area (Å²) in [5.74, 6) is 0.0180. The first kappa shape index (κ1) is 21.6. The van der Waals surface area contributed by atoms with Gasteiger partial charge in [-0.15, -0.1) is 0 Å². The lowest BCUT2D eigenvalue weighted by molar-refractivity contribution is -0.123. The average Bonchev–Trinajstić information content (AvgIpc) is 2.74. The number of halogens is 1. The van der Waals surface area contributed by atoms with E-state index in [0.717, 1.165) is 31.2 Å². The third kappa shape index (κ3) is 5.95. The van der Waals surface area contributed by atoms with Crippen LogP contribution in [0.4, 0.5) is 0 Å². The molecule has 0 bridgehead atoms. The highest BCUT2D eigenvalue weighted by Crippen LogP contribution is 2.29. The number of ether oxygens (including phenoxy) is 1. The molecule has 1 amide bonds. The van der Waals surface area contributed by atoms with Crippen molar-refractivity contribution in [1.29, 1.82) is 0 Å². The summed E-state index contributed by atoms with van der Waals surface area (Å²) < 4.78 is 32.4. The quantitative estimate of drug-likeness (QED) is 0.689. The van der Waals surface area contributed by atoms with Gasteiger partial charge in [0.25, 0.3) is 5.91 Å². The van der Waals surface area contributed by atoms with Gasteiger partial charge in [0.2, 0.25) is 10.0 Å². The molecular formula is C21H25ClN2O4S. The third-order valence-electron chi connectivity index (χ3n) is 4.79. The molecule has 0 atom stereocenters. The summed E-state index contributed by atoms with van der Waals surface area (Å²) in [4.78, 5) is 12.1. The van der Waals surface area contributed by atoms with Gasteiger partial charge in [0.15, 0.2) is 6.61 Å². The van der Waals surface area contributed by atoms with E-state index in [-0.39, 0.29) is 28.2 Å². The van der Waals surface area contributed by atoms with Crippen molar-refractivity contribution in [2.45, 2.75) is 30.6 Å². The predicted molar refractivity (Wildman–Crippen MR) is 113 cm³/mol. The van der Waals surface area contributed by atoms with E-state index in [0.29, 0.717) is 19.6 Å². The Morgan fingerprint density at radius 3 is 2.48 bits per heavy atom. The van der Waals surface area contributed by atoms with Gasteiger partial charge in [-0.05, 0) is 43.0 Å². The summed E-state index contributed by atoms with van der Waals surface area (Å²) in [5, 5.41) is 2.96. The van der Waals surface area contributed by atoms with E-state index >= 15 is 0 Å². The maximum absolute atomic E-state index is 12.7. The first-order chi connectivity index (χ1) is 14.0. The van der Waals surface area contributed by atoms with Crippen LogP contribution in [0.1, 0.15) is 24.8 Å². The van der Waals surface area contributed by atoms with E-state index in [1.54, 1.807) is 0 Å². The van der Waals surface area contributed by atoms with E-state index in [2.05, 4.69) is 5.32 Å². The van der Waals surface area contributed by atoms with Crippen LogP contribution in [-0.2, 0) is 21.2 Å². The van der Waals surface area contributed by atoms with Crippen molar-refractivity contribution in [3.63, 3.8) is 0 Å². The standard InChI is InChI=1S/C21H25ClN2O4S/c22-19-15-18(29(26,27)24-13-5-2-6-14-24)9-10-20(19)28-16-21(25)23-12-11-17-7-3-1-4-8-17/h1,3-4,7-10,15H,2,5-6,11-14,16H2,(H,23,25). The van der Waals surface area contributed by atoms with Gasteiger partial charge in [0.1, 0.15) is 5.75 Å². The van der Waals surface area contributed by atoms with Crippen LogP contribution < -0.4 is 10.1 Å². The molecular weight excluding hydrogens is 412 g/mol. The highest BCUT2D eigenvalue weighted by molar-refractivity contribution is 7.89. The zero-order chi connectivity index (χ0) is 20.7. The van der Waals surface area contributed by atoms with Crippen molar-refractivity contribution in [2.75, 3.05) is 26.2 Å². The first-order valence-corrected chi connectivity index (χ1v) is 11.5. The molecule has 0 spiro atoms. The van der Waals surface area contributed by atoms with Crippen LogP contribution in [-0.4, -0.2) is 44.9 Å². The number of rotatable bonds is 8. The second kappa shape index (κ2) is 10.1. The second-order valence-corrected chi connectivity index (χ2v) is 9.28. The summed E-state index contributed by atoms with van der Waals surface area (Å²) in [6.45, 7) is 1.38. The molecule has 2 aromatic carbocycles. The zero-order valence-electron chi connectivity index (χ0n) is 16.1. The Balaban J connectivity index is 1.51. The molecule has 1 aliphatic heterocycles. The Kier molecular flexibility index (Phi) is 7.52. The molecule has 29 heavy (non-hydrogen) atoms. The normalized spacial score (nSPS) is 15.1. The molecule has 1 saturated heterocycles. The summed E-state index contributed by atoms with van der Waals surface area (Å²) >= 11 is 6.20. The molecule has 2 aromatic rings. The first-order valence-electron chi connectivity index (χ1n) is 9.70. The minimum atomic E-state index is -3.56. The smallest absolute Gasteiger partial charge is 0.257 e. The number of hydrogen-bond donors (Lipinski definition) is 1. The zero-order valence-corrected chi connectivity index (χ0v) is 17.7. The number of carbonyl (C=O) groups excluding carboxylic acids is 1. The van der Waals surface area contributed by atoms with Gasteiger partial charge < -0.3 is 10.1 Å². The SMILES string of the molecule is O=C(COc1ccc(S(=O)(=O)N2CCCCC2)cc1Cl)NCCc1ccccc1. The Labute approximate surface area is 176 Å². The fourth-order valence-corrected chi connectivity index (χ4v) is 5.04. The van der Waals surface area contributed by atoms with Crippen LogP contribution in [0.3, 0.4) is 0 Å². The molecule has 156 valence electrons. The molecule has 0 saturated carbocycles. The Morgan fingerprint density at radius 2 is 1.79 bits per heavy atom. The van der Waals surface area contributed by atoms with Crippen LogP contribution in [0.2, 0.25) is 5.02 Å². The van der Waals surface area contributed by atoms with E-state index in [9.17, 15) is 13.2 Å². The highest BCUT2D eigenvalue weighted by atomic mass is 35.5. The lowest BCUT2D eigenvalue weighted by Gasteiger charge is -2.26. The van der Waals surface area contributed by atoms with E-state index < -0.39 is 10.0 Å². The topological polar surface area (TPSA) is 75.7 Å². The van der Waals surface area contributed by atoms with E-state index in [4.69, 9.17) is 16.3 Å². The number of nitrogens with zero attached hydrogens (tertiary/aromatic N) is 1. The van der Waals surface area contributed by atoms with Gasteiger partial charge in [-0.3, -0.25) is 4.79 Å². The highest BCUT2D eigenvalue weighted by Gasteiger charge is 2.26. The lowest BCUT2D eigenvalue weighted by atomic mass is 10.1.